The molecule has 1 aliphatic rings. The van der Waals surface area contributed by atoms with E-state index in [1.807, 2.05) is 0 Å². The Labute approximate surface area is 106 Å². The fourth-order valence-corrected chi connectivity index (χ4v) is 2.64. The Morgan fingerprint density at radius 2 is 2.11 bits per heavy atom. The zero-order valence-corrected chi connectivity index (χ0v) is 10.2. The number of aromatic nitrogens is 1. The molecule has 3 rings (SSSR count). The number of rotatable bonds is 3. The summed E-state index contributed by atoms with van der Waals surface area (Å²) in [5.41, 5.74) is -0.204. The van der Waals surface area contributed by atoms with E-state index in [1.165, 1.54) is 30.2 Å². The van der Waals surface area contributed by atoms with E-state index < -0.39 is 11.7 Å². The van der Waals surface area contributed by atoms with Gasteiger partial charge in [0.25, 0.3) is 0 Å². The second-order valence-corrected chi connectivity index (χ2v) is 5.56. The van der Waals surface area contributed by atoms with Crippen molar-refractivity contribution in [2.75, 3.05) is 0 Å². The first-order valence-corrected chi connectivity index (χ1v) is 6.54. The molecule has 0 radical (unpaired) electrons. The second kappa shape index (κ2) is 4.20. The average Bonchev–Trinajstić information content (AvgIpc) is 3.03. The maximum atomic E-state index is 12.5. The third-order valence-electron chi connectivity index (χ3n) is 2.88. The Morgan fingerprint density at radius 1 is 1.33 bits per heavy atom. The van der Waals surface area contributed by atoms with Crippen molar-refractivity contribution in [1.82, 2.24) is 10.3 Å². The molecule has 0 amide bonds. The van der Waals surface area contributed by atoms with Gasteiger partial charge in [0.05, 0.1) is 15.8 Å². The van der Waals surface area contributed by atoms with E-state index in [2.05, 4.69) is 10.3 Å². The van der Waals surface area contributed by atoms with Gasteiger partial charge in [-0.2, -0.15) is 13.2 Å². The van der Waals surface area contributed by atoms with Crippen LogP contribution in [0.4, 0.5) is 13.2 Å². The Kier molecular flexibility index (Phi) is 2.79. The molecule has 1 saturated carbocycles. The van der Waals surface area contributed by atoms with E-state index in [1.54, 1.807) is 0 Å². The zero-order valence-electron chi connectivity index (χ0n) is 9.42. The number of alkyl halides is 3. The summed E-state index contributed by atoms with van der Waals surface area (Å²) >= 11 is 1.45. The van der Waals surface area contributed by atoms with Crippen LogP contribution in [-0.2, 0) is 12.7 Å². The molecule has 1 aliphatic carbocycles. The largest absolute Gasteiger partial charge is 0.416 e. The van der Waals surface area contributed by atoms with Gasteiger partial charge in [-0.25, -0.2) is 4.98 Å². The summed E-state index contributed by atoms with van der Waals surface area (Å²) in [6, 6.07) is 4.30. The summed E-state index contributed by atoms with van der Waals surface area (Å²) in [5.74, 6) is 0. The molecule has 0 spiro atoms. The van der Waals surface area contributed by atoms with Gasteiger partial charge in [-0.15, -0.1) is 11.3 Å². The highest BCUT2D eigenvalue weighted by Crippen LogP contribution is 2.33. The molecule has 1 aromatic carbocycles. The number of thiazole rings is 1. The van der Waals surface area contributed by atoms with Crippen molar-refractivity contribution >= 4 is 21.6 Å². The summed E-state index contributed by atoms with van der Waals surface area (Å²) < 4.78 is 38.4. The van der Waals surface area contributed by atoms with Crippen LogP contribution in [0.1, 0.15) is 23.4 Å². The fourth-order valence-electron chi connectivity index (χ4n) is 1.75. The lowest BCUT2D eigenvalue weighted by molar-refractivity contribution is -0.137. The number of benzene rings is 1. The van der Waals surface area contributed by atoms with Gasteiger partial charge in [0.2, 0.25) is 0 Å². The van der Waals surface area contributed by atoms with Crippen molar-refractivity contribution in [3.63, 3.8) is 0 Å². The molecule has 1 aromatic heterocycles. The van der Waals surface area contributed by atoms with Gasteiger partial charge in [-0.05, 0) is 31.0 Å². The molecule has 1 heterocycles. The van der Waals surface area contributed by atoms with Crippen LogP contribution in [-0.4, -0.2) is 11.0 Å². The molecule has 2 nitrogen and oxygen atoms in total. The molecule has 2 aromatic rings. The van der Waals surface area contributed by atoms with Gasteiger partial charge in [-0.1, -0.05) is 0 Å². The zero-order chi connectivity index (χ0) is 12.8. The van der Waals surface area contributed by atoms with Gasteiger partial charge in [0.15, 0.2) is 0 Å². The van der Waals surface area contributed by atoms with Crippen LogP contribution < -0.4 is 5.32 Å². The second-order valence-electron chi connectivity index (χ2n) is 4.44. The van der Waals surface area contributed by atoms with Crippen LogP contribution in [0.5, 0.6) is 0 Å². The Hall–Kier alpha value is -1.14. The molecule has 1 N–H and O–H groups in total. The van der Waals surface area contributed by atoms with Crippen molar-refractivity contribution in [3.05, 3.63) is 28.8 Å². The van der Waals surface area contributed by atoms with E-state index in [0.717, 1.165) is 21.8 Å². The maximum Gasteiger partial charge on any atom is 0.416 e. The third-order valence-corrected chi connectivity index (χ3v) is 3.91. The number of nitrogens with zero attached hydrogens (tertiary/aromatic N) is 1. The summed E-state index contributed by atoms with van der Waals surface area (Å²) in [6.07, 6.45) is -1.93. The Morgan fingerprint density at radius 3 is 2.78 bits per heavy atom. The van der Waals surface area contributed by atoms with Gasteiger partial charge >= 0.3 is 6.18 Å². The average molecular weight is 272 g/mol. The number of hydrogen-bond acceptors (Lipinski definition) is 3. The van der Waals surface area contributed by atoms with Gasteiger partial charge < -0.3 is 5.32 Å². The minimum atomic E-state index is -4.30. The van der Waals surface area contributed by atoms with Crippen molar-refractivity contribution < 1.29 is 13.2 Å². The van der Waals surface area contributed by atoms with Crippen molar-refractivity contribution in [2.24, 2.45) is 0 Å². The normalized spacial score (nSPS) is 16.4. The molecule has 1 fully saturated rings. The molecular formula is C12H11F3N2S. The quantitative estimate of drug-likeness (QED) is 0.924. The van der Waals surface area contributed by atoms with Gasteiger partial charge in [0, 0.05) is 12.6 Å². The van der Waals surface area contributed by atoms with Crippen molar-refractivity contribution in [1.29, 1.82) is 0 Å². The molecule has 0 saturated heterocycles. The summed E-state index contributed by atoms with van der Waals surface area (Å²) in [6.45, 7) is 0.644. The molecule has 18 heavy (non-hydrogen) atoms. The van der Waals surface area contributed by atoms with E-state index in [-0.39, 0.29) is 0 Å². The van der Waals surface area contributed by atoms with Crippen molar-refractivity contribution in [3.8, 4) is 0 Å². The monoisotopic (exact) mass is 272 g/mol. The molecule has 0 atom stereocenters. The highest BCUT2D eigenvalue weighted by atomic mass is 32.1. The number of halogens is 3. The first kappa shape index (κ1) is 11.9. The van der Waals surface area contributed by atoms with Crippen LogP contribution in [0, 0.1) is 0 Å². The van der Waals surface area contributed by atoms with Crippen LogP contribution in [0.2, 0.25) is 0 Å². The minimum absolute atomic E-state index is 0.433. The van der Waals surface area contributed by atoms with E-state index >= 15 is 0 Å². The van der Waals surface area contributed by atoms with Crippen LogP contribution in [0.15, 0.2) is 18.2 Å². The molecule has 0 unspecified atom stereocenters. The Bertz CT molecular complexity index is 572. The lowest BCUT2D eigenvalue weighted by Crippen LogP contribution is -2.14. The van der Waals surface area contributed by atoms with E-state index in [0.29, 0.717) is 18.1 Å². The first-order valence-electron chi connectivity index (χ1n) is 5.72. The fraction of sp³-hybridized carbons (Fsp3) is 0.417. The van der Waals surface area contributed by atoms with Gasteiger partial charge in [0.1, 0.15) is 5.01 Å². The van der Waals surface area contributed by atoms with Crippen LogP contribution in [0.25, 0.3) is 10.2 Å². The lowest BCUT2D eigenvalue weighted by Gasteiger charge is -2.04. The highest BCUT2D eigenvalue weighted by molar-refractivity contribution is 7.18. The smallest absolute Gasteiger partial charge is 0.308 e. The standard InChI is InChI=1S/C12H11F3N2S/c13-12(14,15)7-1-4-10-9(5-7)17-11(18-10)6-16-8-2-3-8/h1,4-5,8,16H,2-3,6H2. The summed E-state index contributed by atoms with van der Waals surface area (Å²) in [5, 5.41) is 4.15. The topological polar surface area (TPSA) is 24.9 Å². The van der Waals surface area contributed by atoms with Crippen LogP contribution in [0.3, 0.4) is 0 Å². The SMILES string of the molecule is FC(F)(F)c1ccc2sc(CNC3CC3)nc2c1. The van der Waals surface area contributed by atoms with E-state index in [4.69, 9.17) is 0 Å². The van der Waals surface area contributed by atoms with Gasteiger partial charge in [-0.3, -0.25) is 0 Å². The minimum Gasteiger partial charge on any atom is -0.308 e. The predicted octanol–water partition coefficient (Wildman–Crippen LogP) is 3.57. The molecule has 96 valence electrons. The first-order chi connectivity index (χ1) is 8.52. The van der Waals surface area contributed by atoms with Crippen LogP contribution >= 0.6 is 11.3 Å². The number of fused-ring (bicyclic) bond motifs is 1. The van der Waals surface area contributed by atoms with E-state index in [9.17, 15) is 13.2 Å². The summed E-state index contributed by atoms with van der Waals surface area (Å²) in [4.78, 5) is 4.24. The van der Waals surface area contributed by atoms with Crippen molar-refractivity contribution in [2.45, 2.75) is 31.6 Å². The number of nitrogens with one attached hydrogen (secondary N) is 1. The maximum absolute atomic E-state index is 12.5. The predicted molar refractivity (Wildman–Crippen MR) is 64.5 cm³/mol. The third kappa shape index (κ3) is 2.49. The molecule has 0 aliphatic heterocycles. The lowest BCUT2D eigenvalue weighted by atomic mass is 10.2. The number of hydrogen-bond donors (Lipinski definition) is 1. The summed E-state index contributed by atoms with van der Waals surface area (Å²) in [7, 11) is 0. The molecular weight excluding hydrogens is 261 g/mol. The molecule has 6 heteroatoms. The highest BCUT2D eigenvalue weighted by Gasteiger charge is 2.30. The Balaban J connectivity index is 1.86. The molecule has 0 bridgehead atoms.